The van der Waals surface area contributed by atoms with Gasteiger partial charge in [0.15, 0.2) is 0 Å². The number of hydrogen-bond donors (Lipinski definition) is 1. The second-order valence-corrected chi connectivity index (χ2v) is 4.07. The highest BCUT2D eigenvalue weighted by Gasteiger charge is 2.30. The lowest BCUT2D eigenvalue weighted by molar-refractivity contribution is -0.125. The Morgan fingerprint density at radius 2 is 2.41 bits per heavy atom. The van der Waals surface area contributed by atoms with E-state index in [9.17, 15) is 9.59 Å². The van der Waals surface area contributed by atoms with Crippen LogP contribution in [0.5, 0.6) is 0 Å². The van der Waals surface area contributed by atoms with Crippen molar-refractivity contribution in [1.29, 1.82) is 5.26 Å². The predicted molar refractivity (Wildman–Crippen MR) is 64.3 cm³/mol. The number of nitrogens with zero attached hydrogens (tertiary/aromatic N) is 2. The Labute approximate surface area is 104 Å². The van der Waals surface area contributed by atoms with Crippen molar-refractivity contribution in [2.45, 2.75) is 6.92 Å². The monoisotopic (exact) mass is 249 g/mol. The molecule has 1 saturated heterocycles. The van der Waals surface area contributed by atoms with Crippen LogP contribution < -0.4 is 5.32 Å². The third kappa shape index (κ3) is 2.80. The van der Waals surface area contributed by atoms with Gasteiger partial charge in [-0.3, -0.25) is 9.59 Å². The molecule has 17 heavy (non-hydrogen) atoms. The summed E-state index contributed by atoms with van der Waals surface area (Å²) in [7, 11) is 0. The molecular weight excluding hydrogens is 238 g/mol. The van der Waals surface area contributed by atoms with Crippen LogP contribution in [-0.4, -0.2) is 35.6 Å². The molecule has 1 heterocycles. The zero-order valence-corrected chi connectivity index (χ0v) is 10.1. The first-order valence-corrected chi connectivity index (χ1v) is 5.93. The maximum Gasteiger partial charge on any atom is 0.265 e. The van der Waals surface area contributed by atoms with E-state index >= 15 is 0 Å². The molecule has 1 rings (SSSR count). The van der Waals surface area contributed by atoms with Crippen molar-refractivity contribution in [3.8, 4) is 18.4 Å². The molecule has 0 aromatic carbocycles. The summed E-state index contributed by atoms with van der Waals surface area (Å²) in [6, 6.07) is 1.82. The van der Waals surface area contributed by atoms with E-state index in [0.717, 1.165) is 0 Å². The van der Waals surface area contributed by atoms with E-state index in [1.54, 1.807) is 6.92 Å². The standard InChI is InChI=1S/C11H11N3O2S/c1-3-5-13-10(16)8(6-12)11-14(4-2)9(15)7-17-11/h1H,4-5,7H2,2H3,(H,13,16)/b11-8-. The molecule has 0 bridgehead atoms. The highest BCUT2D eigenvalue weighted by atomic mass is 32.2. The number of hydrogen-bond acceptors (Lipinski definition) is 4. The van der Waals surface area contributed by atoms with Crippen LogP contribution in [0.15, 0.2) is 10.6 Å². The topological polar surface area (TPSA) is 73.2 Å². The van der Waals surface area contributed by atoms with E-state index in [0.29, 0.717) is 11.6 Å². The Hall–Kier alpha value is -1.92. The number of amides is 2. The van der Waals surface area contributed by atoms with Crippen molar-refractivity contribution in [2.24, 2.45) is 0 Å². The molecule has 1 N–H and O–H groups in total. The van der Waals surface area contributed by atoms with Gasteiger partial charge in [-0.1, -0.05) is 17.7 Å². The first-order valence-electron chi connectivity index (χ1n) is 4.94. The molecule has 1 aliphatic heterocycles. The van der Waals surface area contributed by atoms with Crippen molar-refractivity contribution < 1.29 is 9.59 Å². The SMILES string of the molecule is C#CCNC(=O)/C(C#N)=C1\SCC(=O)N1CC. The molecule has 2 amide bonds. The molecular formula is C11H11N3O2S. The lowest BCUT2D eigenvalue weighted by atomic mass is 10.3. The minimum atomic E-state index is -0.541. The molecule has 1 aliphatic rings. The first kappa shape index (κ1) is 13.1. The Morgan fingerprint density at radius 3 is 2.94 bits per heavy atom. The van der Waals surface area contributed by atoms with Gasteiger partial charge in [0, 0.05) is 6.54 Å². The number of rotatable bonds is 3. The molecule has 0 saturated carbocycles. The van der Waals surface area contributed by atoms with Crippen LogP contribution in [0.2, 0.25) is 0 Å². The summed E-state index contributed by atoms with van der Waals surface area (Å²) in [4.78, 5) is 24.5. The van der Waals surface area contributed by atoms with Crippen LogP contribution >= 0.6 is 11.8 Å². The third-order valence-electron chi connectivity index (χ3n) is 2.10. The average Bonchev–Trinajstić information content (AvgIpc) is 2.69. The zero-order valence-electron chi connectivity index (χ0n) is 9.32. The molecule has 0 unspecified atom stereocenters. The summed E-state index contributed by atoms with van der Waals surface area (Å²) in [5, 5.41) is 11.8. The van der Waals surface area contributed by atoms with Gasteiger partial charge < -0.3 is 10.2 Å². The Bertz CT molecular complexity index is 456. The van der Waals surface area contributed by atoms with Crippen molar-refractivity contribution in [2.75, 3.05) is 18.8 Å². The van der Waals surface area contributed by atoms with Gasteiger partial charge >= 0.3 is 0 Å². The number of carbonyl (C=O) groups is 2. The van der Waals surface area contributed by atoms with E-state index in [1.807, 2.05) is 6.07 Å². The van der Waals surface area contributed by atoms with E-state index in [2.05, 4.69) is 11.2 Å². The van der Waals surface area contributed by atoms with Crippen LogP contribution in [-0.2, 0) is 9.59 Å². The fourth-order valence-corrected chi connectivity index (χ4v) is 2.43. The highest BCUT2D eigenvalue weighted by Crippen LogP contribution is 2.31. The molecule has 0 aliphatic carbocycles. The lowest BCUT2D eigenvalue weighted by Gasteiger charge is -2.15. The zero-order chi connectivity index (χ0) is 12.8. The maximum absolute atomic E-state index is 11.7. The highest BCUT2D eigenvalue weighted by molar-refractivity contribution is 8.04. The summed E-state index contributed by atoms with van der Waals surface area (Å²) < 4.78 is 0. The summed E-state index contributed by atoms with van der Waals surface area (Å²) >= 11 is 1.20. The fraction of sp³-hybridized carbons (Fsp3) is 0.364. The molecule has 0 aromatic rings. The normalized spacial score (nSPS) is 17.4. The first-order chi connectivity index (χ1) is 8.15. The second kappa shape index (κ2) is 5.97. The number of carbonyl (C=O) groups excluding carboxylic acids is 2. The van der Waals surface area contributed by atoms with Gasteiger partial charge in [-0.2, -0.15) is 5.26 Å². The molecule has 6 heteroatoms. The number of terminal acetylenes is 1. The summed E-state index contributed by atoms with van der Waals surface area (Å²) in [6.07, 6.45) is 5.01. The van der Waals surface area contributed by atoms with Crippen molar-refractivity contribution >= 4 is 23.6 Å². The molecule has 88 valence electrons. The van der Waals surface area contributed by atoms with Crippen LogP contribution in [0, 0.1) is 23.7 Å². The van der Waals surface area contributed by atoms with Gasteiger partial charge in [-0.05, 0) is 6.92 Å². The largest absolute Gasteiger partial charge is 0.340 e. The number of nitriles is 1. The van der Waals surface area contributed by atoms with Crippen molar-refractivity contribution in [3.05, 3.63) is 10.6 Å². The van der Waals surface area contributed by atoms with Crippen LogP contribution in [0.1, 0.15) is 6.92 Å². The Balaban J connectivity index is 3.00. The van der Waals surface area contributed by atoms with E-state index in [1.165, 1.54) is 16.7 Å². The second-order valence-electron chi connectivity index (χ2n) is 3.11. The van der Waals surface area contributed by atoms with Crippen molar-refractivity contribution in [3.63, 3.8) is 0 Å². The van der Waals surface area contributed by atoms with E-state index in [4.69, 9.17) is 11.7 Å². The van der Waals surface area contributed by atoms with E-state index < -0.39 is 5.91 Å². The number of nitrogens with one attached hydrogen (secondary N) is 1. The van der Waals surface area contributed by atoms with Gasteiger partial charge in [0.25, 0.3) is 5.91 Å². The lowest BCUT2D eigenvalue weighted by Crippen LogP contribution is -2.29. The van der Waals surface area contributed by atoms with Gasteiger partial charge in [0.05, 0.1) is 12.3 Å². The van der Waals surface area contributed by atoms with Gasteiger partial charge in [0.1, 0.15) is 16.7 Å². The van der Waals surface area contributed by atoms with E-state index in [-0.39, 0.29) is 23.8 Å². The number of thioether (sulfide) groups is 1. The quantitative estimate of drug-likeness (QED) is 0.436. The van der Waals surface area contributed by atoms with Crippen LogP contribution in [0.3, 0.4) is 0 Å². The molecule has 0 radical (unpaired) electrons. The van der Waals surface area contributed by atoms with Gasteiger partial charge in [-0.25, -0.2) is 0 Å². The Kier molecular flexibility index (Phi) is 4.62. The minimum Gasteiger partial charge on any atom is -0.340 e. The summed E-state index contributed by atoms with van der Waals surface area (Å²) in [5.41, 5.74) is -0.0575. The molecule has 0 aromatic heterocycles. The van der Waals surface area contributed by atoms with Gasteiger partial charge in [-0.15, -0.1) is 6.42 Å². The molecule has 0 atom stereocenters. The maximum atomic E-state index is 11.7. The molecule has 0 spiro atoms. The smallest absolute Gasteiger partial charge is 0.265 e. The Morgan fingerprint density at radius 1 is 1.71 bits per heavy atom. The summed E-state index contributed by atoms with van der Waals surface area (Å²) in [5.74, 6) is 1.88. The predicted octanol–water partition coefficient (Wildman–Crippen LogP) is 0.0663. The van der Waals surface area contributed by atoms with Crippen LogP contribution in [0.4, 0.5) is 0 Å². The summed E-state index contributed by atoms with van der Waals surface area (Å²) in [6.45, 7) is 2.29. The fourth-order valence-electron chi connectivity index (χ4n) is 1.34. The molecule has 1 fully saturated rings. The minimum absolute atomic E-state index is 0.0575. The van der Waals surface area contributed by atoms with Crippen molar-refractivity contribution in [1.82, 2.24) is 10.2 Å². The van der Waals surface area contributed by atoms with Crippen LogP contribution in [0.25, 0.3) is 0 Å². The molecule has 5 nitrogen and oxygen atoms in total. The average molecular weight is 249 g/mol. The third-order valence-corrected chi connectivity index (χ3v) is 3.19. The van der Waals surface area contributed by atoms with Gasteiger partial charge in [0.2, 0.25) is 5.91 Å².